The van der Waals surface area contributed by atoms with Gasteiger partial charge in [-0.1, -0.05) is 42.4 Å². The van der Waals surface area contributed by atoms with Crippen molar-refractivity contribution in [2.45, 2.75) is 26.7 Å². The summed E-state index contributed by atoms with van der Waals surface area (Å²) >= 11 is 10.9. The zero-order valence-corrected chi connectivity index (χ0v) is 13.6. The van der Waals surface area contributed by atoms with Crippen molar-refractivity contribution in [3.05, 3.63) is 61.7 Å². The number of aromatic nitrogens is 2. The van der Waals surface area contributed by atoms with Gasteiger partial charge in [-0.15, -0.1) is 12.2 Å². The minimum absolute atomic E-state index is 0. The molecule has 106 valence electrons. The average Bonchev–Trinajstić information content (AvgIpc) is 2.43. The summed E-state index contributed by atoms with van der Waals surface area (Å²) in [6.45, 7) is 2.57. The fraction of sp³-hybridized carbons (Fsp3) is 0.286. The molecule has 0 aliphatic rings. The first-order valence-corrected chi connectivity index (χ1v) is 6.96. The van der Waals surface area contributed by atoms with Crippen LogP contribution >= 0.6 is 23.8 Å². The second kappa shape index (κ2) is 8.57. The van der Waals surface area contributed by atoms with Crippen molar-refractivity contribution in [3.8, 4) is 0 Å². The molecule has 0 fully saturated rings. The number of H-pyrrole nitrogens is 1. The summed E-state index contributed by atoms with van der Waals surface area (Å²) in [5.41, 5.74) is 1.39. The smallest absolute Gasteiger partial charge is 0.412 e. The first kappa shape index (κ1) is 18.2. The van der Waals surface area contributed by atoms with Crippen LogP contribution in [0.5, 0.6) is 0 Å². The predicted molar refractivity (Wildman–Crippen MR) is 80.3 cm³/mol. The molecule has 0 saturated heterocycles. The summed E-state index contributed by atoms with van der Waals surface area (Å²) < 4.78 is 7.46. The molecule has 0 bridgehead atoms. The van der Waals surface area contributed by atoms with Crippen molar-refractivity contribution >= 4 is 23.8 Å². The topological polar surface area (TPSA) is 47.0 Å². The van der Waals surface area contributed by atoms with Crippen LogP contribution in [0.1, 0.15) is 18.1 Å². The van der Waals surface area contributed by atoms with E-state index in [4.69, 9.17) is 28.6 Å². The Bertz CT molecular complexity index is 697. The minimum Gasteiger partial charge on any atom is -0.412 e. The first-order chi connectivity index (χ1) is 9.60. The van der Waals surface area contributed by atoms with E-state index in [9.17, 15) is 4.79 Å². The van der Waals surface area contributed by atoms with Crippen LogP contribution in [0.25, 0.3) is 0 Å². The van der Waals surface area contributed by atoms with E-state index in [2.05, 4.69) is 11.2 Å². The van der Waals surface area contributed by atoms with E-state index >= 15 is 0 Å². The molecule has 2 rings (SSSR count). The molecule has 0 radical (unpaired) electrons. The van der Waals surface area contributed by atoms with E-state index in [1.54, 1.807) is 4.57 Å². The van der Waals surface area contributed by atoms with Gasteiger partial charge in [-0.25, -0.2) is 0 Å². The number of benzene rings is 1. The summed E-state index contributed by atoms with van der Waals surface area (Å²) in [6, 6.07) is 7.42. The molecule has 1 N–H and O–H groups in total. The Hall–Kier alpha value is -0.833. The maximum Gasteiger partial charge on any atom is 1.00 e. The second-order valence-corrected chi connectivity index (χ2v) is 5.06. The van der Waals surface area contributed by atoms with E-state index in [1.165, 1.54) is 0 Å². The Morgan fingerprint density at radius 3 is 2.67 bits per heavy atom. The zero-order valence-electron chi connectivity index (χ0n) is 12.0. The van der Waals surface area contributed by atoms with Crippen LogP contribution in [0, 0.1) is 11.0 Å². The van der Waals surface area contributed by atoms with Gasteiger partial charge in [0.15, 0.2) is 0 Å². The van der Waals surface area contributed by atoms with E-state index in [0.29, 0.717) is 28.4 Å². The molecule has 0 atom stereocenters. The summed E-state index contributed by atoms with van der Waals surface area (Å²) in [4.78, 5) is 14.1. The van der Waals surface area contributed by atoms with E-state index in [-0.39, 0.29) is 31.2 Å². The number of hydrogen-bond donors (Lipinski definition) is 1. The fourth-order valence-electron chi connectivity index (χ4n) is 1.67. The van der Waals surface area contributed by atoms with E-state index < -0.39 is 0 Å². The van der Waals surface area contributed by atoms with Crippen molar-refractivity contribution in [1.82, 2.24) is 9.55 Å². The van der Waals surface area contributed by atoms with Gasteiger partial charge >= 0.3 is 18.9 Å². The number of halogens is 1. The SMILES string of the molecule is CCc1[c-]n(COCc2ccc(Cl)cc2)c(=S)[nH]c1=O.[Li+]. The summed E-state index contributed by atoms with van der Waals surface area (Å²) in [6.07, 6.45) is 3.55. The summed E-state index contributed by atoms with van der Waals surface area (Å²) in [5, 5.41) is 0.692. The van der Waals surface area contributed by atoms with Crippen molar-refractivity contribution in [3.63, 3.8) is 0 Å². The molecule has 1 aromatic heterocycles. The molecule has 0 aliphatic heterocycles. The van der Waals surface area contributed by atoms with Gasteiger partial charge in [0, 0.05) is 5.02 Å². The molecule has 0 amide bonds. The van der Waals surface area contributed by atoms with Gasteiger partial charge in [-0.3, -0.25) is 0 Å². The normalized spacial score (nSPS) is 10.2. The molecular weight excluding hydrogens is 303 g/mol. The van der Waals surface area contributed by atoms with Crippen LogP contribution < -0.4 is 24.4 Å². The Balaban J connectivity index is 0.00000220. The number of nitrogens with one attached hydrogen (secondary N) is 1. The van der Waals surface area contributed by atoms with Crippen LogP contribution in [-0.2, 0) is 24.5 Å². The third-order valence-corrected chi connectivity index (χ3v) is 3.34. The quantitative estimate of drug-likeness (QED) is 0.483. The standard InChI is InChI=1S/C14H14ClN2O2S.Li/c1-2-11-7-17(14(20)16-13(11)18)9-19-8-10-3-5-12(15)6-4-10;/h3-6H,2,8-9H2,1H3,(H,16,18,20);/q-1;+1. The second-order valence-electron chi connectivity index (χ2n) is 4.24. The molecule has 7 heteroatoms. The molecule has 2 aromatic rings. The van der Waals surface area contributed by atoms with Gasteiger partial charge in [0.25, 0.3) is 0 Å². The molecule has 1 heterocycles. The van der Waals surface area contributed by atoms with Gasteiger partial charge in [0.2, 0.25) is 0 Å². The van der Waals surface area contributed by atoms with Crippen LogP contribution in [0.15, 0.2) is 29.1 Å². The van der Waals surface area contributed by atoms with Crippen molar-refractivity contribution in [1.29, 1.82) is 0 Å². The van der Waals surface area contributed by atoms with Gasteiger partial charge in [-0.05, 0) is 24.1 Å². The number of rotatable bonds is 5. The molecule has 21 heavy (non-hydrogen) atoms. The maximum absolute atomic E-state index is 11.5. The van der Waals surface area contributed by atoms with Crippen LogP contribution in [0.2, 0.25) is 5.02 Å². The maximum atomic E-state index is 11.5. The van der Waals surface area contributed by atoms with Gasteiger partial charge < -0.3 is 19.1 Å². The van der Waals surface area contributed by atoms with Crippen molar-refractivity contribution in [2.24, 2.45) is 0 Å². The van der Waals surface area contributed by atoms with Crippen LogP contribution in [0.4, 0.5) is 0 Å². The third kappa shape index (κ3) is 5.14. The monoisotopic (exact) mass is 316 g/mol. The number of aryl methyl sites for hydroxylation is 1. The molecule has 4 nitrogen and oxygen atoms in total. The average molecular weight is 317 g/mol. The molecule has 1 aromatic carbocycles. The third-order valence-electron chi connectivity index (χ3n) is 2.77. The fourth-order valence-corrected chi connectivity index (χ4v) is 1.99. The van der Waals surface area contributed by atoms with Crippen molar-refractivity contribution < 1.29 is 23.6 Å². The zero-order chi connectivity index (χ0) is 14.5. The van der Waals surface area contributed by atoms with Crippen LogP contribution in [-0.4, -0.2) is 9.55 Å². The van der Waals surface area contributed by atoms with Gasteiger partial charge in [0.05, 0.1) is 11.4 Å². The predicted octanol–water partition coefficient (Wildman–Crippen LogP) is 0.100. The Morgan fingerprint density at radius 2 is 2.05 bits per heavy atom. The minimum atomic E-state index is -0.188. The van der Waals surface area contributed by atoms with E-state index in [1.807, 2.05) is 31.2 Å². The molecule has 0 unspecified atom stereocenters. The number of aromatic amines is 1. The van der Waals surface area contributed by atoms with E-state index in [0.717, 1.165) is 5.56 Å². The largest absolute Gasteiger partial charge is 1.00 e. The Morgan fingerprint density at radius 1 is 1.38 bits per heavy atom. The van der Waals surface area contributed by atoms with Gasteiger partial charge in [0.1, 0.15) is 12.3 Å². The summed E-state index contributed by atoms with van der Waals surface area (Å²) in [5.74, 6) is 0. The molecule has 0 aliphatic carbocycles. The van der Waals surface area contributed by atoms with Crippen molar-refractivity contribution in [2.75, 3.05) is 0 Å². The summed E-state index contributed by atoms with van der Waals surface area (Å²) in [7, 11) is 0. The number of ether oxygens (including phenoxy) is 1. The van der Waals surface area contributed by atoms with Gasteiger partial charge in [-0.2, -0.15) is 0 Å². The Labute approximate surface area is 145 Å². The molecule has 0 saturated carbocycles. The first-order valence-electron chi connectivity index (χ1n) is 6.17. The molecular formula is C14H14ClLiN2O2S. The molecule has 0 spiro atoms. The number of hydrogen-bond acceptors (Lipinski definition) is 3. The van der Waals surface area contributed by atoms with Crippen LogP contribution in [0.3, 0.4) is 0 Å². The number of nitrogens with zero attached hydrogens (tertiary/aromatic N) is 1. The Kier molecular flexibility index (Phi) is 7.44.